The fourth-order valence-corrected chi connectivity index (χ4v) is 5.79. The molecule has 2 atom stereocenters. The Kier molecular flexibility index (Phi) is 12.0. The summed E-state index contributed by atoms with van der Waals surface area (Å²) in [7, 11) is 0. The van der Waals surface area contributed by atoms with E-state index in [4.69, 9.17) is 23.7 Å². The normalized spacial score (nSPS) is 16.9. The van der Waals surface area contributed by atoms with Crippen molar-refractivity contribution in [3.8, 4) is 0 Å². The number of benzene rings is 2. The average Bonchev–Trinajstić information content (AvgIpc) is 3.09. The standard InChI is InChI=1S/C38H44FN5O11/c1-22(45)53-29(30-34(48)43(16-19-52-30)25-9-11-28(39)27(21-25)33(47)42-14-17-51-18-15-42)32(46)41-24-8-10-26-23(20-24)12-13-40-31(26)44(35(49)54-37(2,3)4)36(50)55-38(5,6)7/h8-13,20-21,29-30H,14-19H2,1-7H3,(H,41,46). The minimum atomic E-state index is -1.76. The summed E-state index contributed by atoms with van der Waals surface area (Å²) in [5.74, 6) is -3.95. The van der Waals surface area contributed by atoms with Crippen molar-refractivity contribution in [1.29, 1.82) is 0 Å². The number of ether oxygens (including phenoxy) is 5. The lowest BCUT2D eigenvalue weighted by atomic mass is 10.1. The molecule has 2 aliphatic rings. The van der Waals surface area contributed by atoms with Crippen molar-refractivity contribution >= 4 is 63.8 Å². The molecule has 3 heterocycles. The Morgan fingerprint density at radius 2 is 1.56 bits per heavy atom. The predicted octanol–water partition coefficient (Wildman–Crippen LogP) is 4.83. The number of aromatic nitrogens is 1. The molecular formula is C38H44FN5O11. The molecule has 17 heteroatoms. The molecule has 55 heavy (non-hydrogen) atoms. The number of hydrogen-bond acceptors (Lipinski definition) is 12. The molecule has 2 saturated heterocycles. The zero-order valence-electron chi connectivity index (χ0n) is 31.7. The Balaban J connectivity index is 1.40. The summed E-state index contributed by atoms with van der Waals surface area (Å²) < 4.78 is 42.2. The highest BCUT2D eigenvalue weighted by Crippen LogP contribution is 2.31. The number of hydrogen-bond donors (Lipinski definition) is 1. The van der Waals surface area contributed by atoms with Crippen LogP contribution in [0.25, 0.3) is 10.8 Å². The van der Waals surface area contributed by atoms with Gasteiger partial charge in [-0.1, -0.05) is 0 Å². The molecular weight excluding hydrogens is 721 g/mol. The number of halogens is 1. The van der Waals surface area contributed by atoms with Gasteiger partial charge in [0.15, 0.2) is 11.9 Å². The lowest BCUT2D eigenvalue weighted by Crippen LogP contribution is -2.56. The molecule has 0 saturated carbocycles. The van der Waals surface area contributed by atoms with E-state index in [1.807, 2.05) is 0 Å². The maximum atomic E-state index is 14.9. The summed E-state index contributed by atoms with van der Waals surface area (Å²) in [6.07, 6.45) is -4.05. The van der Waals surface area contributed by atoms with Gasteiger partial charge in [0, 0.05) is 49.5 Å². The van der Waals surface area contributed by atoms with Gasteiger partial charge in [-0.15, -0.1) is 0 Å². The maximum absolute atomic E-state index is 14.9. The zero-order chi connectivity index (χ0) is 40.2. The van der Waals surface area contributed by atoms with E-state index in [0.717, 1.165) is 13.0 Å². The molecule has 2 fully saturated rings. The Bertz CT molecular complexity index is 1960. The monoisotopic (exact) mass is 765 g/mol. The molecule has 0 bridgehead atoms. The molecule has 3 aromatic rings. The summed E-state index contributed by atoms with van der Waals surface area (Å²) in [6.45, 7) is 12.1. The molecule has 5 amide bonds. The van der Waals surface area contributed by atoms with Gasteiger partial charge in [0.05, 0.1) is 25.4 Å². The van der Waals surface area contributed by atoms with E-state index in [9.17, 15) is 33.2 Å². The first kappa shape index (κ1) is 40.5. The molecule has 5 rings (SSSR count). The van der Waals surface area contributed by atoms with Crippen molar-refractivity contribution in [2.45, 2.75) is 71.9 Å². The third kappa shape index (κ3) is 9.90. The fraction of sp³-hybridized carbons (Fsp3) is 0.447. The van der Waals surface area contributed by atoms with Crippen LogP contribution in [0.1, 0.15) is 58.8 Å². The van der Waals surface area contributed by atoms with E-state index in [2.05, 4.69) is 10.3 Å². The van der Waals surface area contributed by atoms with Crippen LogP contribution < -0.4 is 15.1 Å². The van der Waals surface area contributed by atoms with Gasteiger partial charge in [0.2, 0.25) is 6.10 Å². The van der Waals surface area contributed by atoms with Crippen LogP contribution in [0.15, 0.2) is 48.7 Å². The Labute approximate surface area is 316 Å². The van der Waals surface area contributed by atoms with Crippen molar-refractivity contribution in [3.05, 3.63) is 60.0 Å². The smallest absolute Gasteiger partial charge is 0.425 e. The lowest BCUT2D eigenvalue weighted by Gasteiger charge is -2.35. The average molecular weight is 766 g/mol. The van der Waals surface area contributed by atoms with Gasteiger partial charge in [-0.25, -0.2) is 19.0 Å². The van der Waals surface area contributed by atoms with Gasteiger partial charge in [-0.3, -0.25) is 19.2 Å². The Hall–Kier alpha value is -5.68. The van der Waals surface area contributed by atoms with Crippen molar-refractivity contribution in [2.24, 2.45) is 0 Å². The van der Waals surface area contributed by atoms with Gasteiger partial charge in [0.25, 0.3) is 17.7 Å². The molecule has 2 aliphatic heterocycles. The van der Waals surface area contributed by atoms with E-state index < -0.39 is 65.1 Å². The number of rotatable bonds is 7. The second-order valence-corrected chi connectivity index (χ2v) is 14.7. The van der Waals surface area contributed by atoms with Gasteiger partial charge in [0.1, 0.15) is 17.0 Å². The van der Waals surface area contributed by atoms with Crippen molar-refractivity contribution in [1.82, 2.24) is 9.88 Å². The number of morpholine rings is 2. The number of esters is 1. The number of imide groups is 1. The molecule has 2 unspecified atom stereocenters. The van der Waals surface area contributed by atoms with E-state index in [0.29, 0.717) is 28.9 Å². The summed E-state index contributed by atoms with van der Waals surface area (Å²) in [5, 5.41) is 3.39. The minimum Gasteiger partial charge on any atom is -0.449 e. The number of pyridine rings is 1. The molecule has 0 aliphatic carbocycles. The van der Waals surface area contributed by atoms with E-state index >= 15 is 0 Å². The van der Waals surface area contributed by atoms with Crippen LogP contribution in [0, 0.1) is 5.82 Å². The third-order valence-corrected chi connectivity index (χ3v) is 8.11. The number of nitrogens with zero attached hydrogens (tertiary/aromatic N) is 4. The van der Waals surface area contributed by atoms with Crippen molar-refractivity contribution < 1.29 is 56.8 Å². The van der Waals surface area contributed by atoms with Gasteiger partial charge in [-0.05, 0) is 89.4 Å². The highest BCUT2D eigenvalue weighted by Gasteiger charge is 2.43. The first-order valence-electron chi connectivity index (χ1n) is 17.6. The van der Waals surface area contributed by atoms with Crippen LogP contribution in [0.2, 0.25) is 0 Å². The fourth-order valence-electron chi connectivity index (χ4n) is 5.79. The van der Waals surface area contributed by atoms with Gasteiger partial charge in [-0.2, -0.15) is 4.90 Å². The maximum Gasteiger partial charge on any atom is 0.425 e. The first-order chi connectivity index (χ1) is 25.8. The van der Waals surface area contributed by atoms with E-state index in [1.165, 1.54) is 46.3 Å². The van der Waals surface area contributed by atoms with E-state index in [1.54, 1.807) is 47.6 Å². The highest BCUT2D eigenvalue weighted by molar-refractivity contribution is 6.14. The third-order valence-electron chi connectivity index (χ3n) is 8.11. The van der Waals surface area contributed by atoms with Crippen molar-refractivity contribution in [2.75, 3.05) is 54.6 Å². The van der Waals surface area contributed by atoms with E-state index in [-0.39, 0.29) is 49.0 Å². The molecule has 1 N–H and O–H groups in total. The Morgan fingerprint density at radius 3 is 2.18 bits per heavy atom. The molecule has 1 aromatic heterocycles. The predicted molar refractivity (Wildman–Crippen MR) is 196 cm³/mol. The quantitative estimate of drug-likeness (QED) is 0.256. The number of nitrogens with one attached hydrogen (secondary N) is 1. The highest BCUT2D eigenvalue weighted by atomic mass is 19.1. The summed E-state index contributed by atoms with van der Waals surface area (Å²) in [4.78, 5) is 87.3. The number of carbonyl (C=O) groups excluding carboxylic acids is 6. The van der Waals surface area contributed by atoms with Crippen LogP contribution in [0.4, 0.5) is 31.2 Å². The van der Waals surface area contributed by atoms with Crippen LogP contribution in [0.3, 0.4) is 0 Å². The lowest BCUT2D eigenvalue weighted by molar-refractivity contribution is -0.167. The number of anilines is 3. The topological polar surface area (TPSA) is 183 Å². The summed E-state index contributed by atoms with van der Waals surface area (Å²) in [5.41, 5.74) is -1.77. The van der Waals surface area contributed by atoms with Crippen LogP contribution in [-0.4, -0.2) is 109 Å². The molecule has 2 aromatic carbocycles. The number of fused-ring (bicyclic) bond motifs is 1. The van der Waals surface area contributed by atoms with Crippen LogP contribution in [0.5, 0.6) is 0 Å². The second kappa shape index (κ2) is 16.4. The van der Waals surface area contributed by atoms with Gasteiger partial charge < -0.3 is 38.8 Å². The van der Waals surface area contributed by atoms with Gasteiger partial charge >= 0.3 is 18.2 Å². The van der Waals surface area contributed by atoms with Crippen LogP contribution in [-0.2, 0) is 38.1 Å². The number of carbonyl (C=O) groups is 6. The zero-order valence-corrected chi connectivity index (χ0v) is 31.7. The minimum absolute atomic E-state index is 0.00517. The summed E-state index contributed by atoms with van der Waals surface area (Å²) >= 11 is 0. The molecule has 16 nitrogen and oxygen atoms in total. The SMILES string of the molecule is CC(=O)OC(C(=O)Nc1ccc2c(N(C(=O)OC(C)(C)C)C(=O)OC(C)(C)C)nccc2c1)C1OCCN(c2ccc(F)c(C(=O)N3CCOCC3)c2)C1=O. The Morgan fingerprint density at radius 1 is 0.909 bits per heavy atom. The summed E-state index contributed by atoms with van der Waals surface area (Å²) in [6, 6.07) is 9.73. The number of amides is 5. The molecule has 0 spiro atoms. The molecule has 294 valence electrons. The van der Waals surface area contributed by atoms with Crippen LogP contribution >= 0.6 is 0 Å². The largest absolute Gasteiger partial charge is 0.449 e. The second-order valence-electron chi connectivity index (χ2n) is 14.7. The first-order valence-corrected chi connectivity index (χ1v) is 17.6. The van der Waals surface area contributed by atoms with Crippen molar-refractivity contribution in [3.63, 3.8) is 0 Å². The molecule has 0 radical (unpaired) electrons.